The van der Waals surface area contributed by atoms with Crippen LogP contribution in [0.2, 0.25) is 0 Å². The molecule has 6 nitrogen and oxygen atoms in total. The second-order valence-corrected chi connectivity index (χ2v) is 6.78. The first-order valence-electron chi connectivity index (χ1n) is 9.55. The van der Waals surface area contributed by atoms with E-state index in [1.54, 1.807) is 7.11 Å². The van der Waals surface area contributed by atoms with Crippen molar-refractivity contribution in [2.24, 2.45) is 0 Å². The van der Waals surface area contributed by atoms with Crippen molar-refractivity contribution in [2.75, 3.05) is 20.2 Å². The summed E-state index contributed by atoms with van der Waals surface area (Å²) in [4.78, 5) is 26.5. The van der Waals surface area contributed by atoms with Gasteiger partial charge in [0.05, 0.1) is 7.11 Å². The summed E-state index contributed by atoms with van der Waals surface area (Å²) in [5, 5.41) is 2.94. The van der Waals surface area contributed by atoms with Crippen LogP contribution in [0.4, 0.5) is 4.79 Å². The van der Waals surface area contributed by atoms with E-state index in [0.29, 0.717) is 19.5 Å². The molecule has 2 aromatic carbocycles. The van der Waals surface area contributed by atoms with Crippen LogP contribution in [0.15, 0.2) is 54.6 Å². The van der Waals surface area contributed by atoms with E-state index in [1.165, 1.54) is 4.90 Å². The number of nitrogens with zero attached hydrogens (tertiary/aromatic N) is 1. The quantitative estimate of drug-likeness (QED) is 0.799. The number of methoxy groups -OCH3 is 1. The Hall–Kier alpha value is -3.02. The number of rotatable bonds is 7. The van der Waals surface area contributed by atoms with Gasteiger partial charge in [0.15, 0.2) is 0 Å². The van der Waals surface area contributed by atoms with Gasteiger partial charge in [0.2, 0.25) is 5.91 Å². The zero-order chi connectivity index (χ0) is 19.8. The van der Waals surface area contributed by atoms with Crippen molar-refractivity contribution < 1.29 is 19.1 Å². The number of likely N-dealkylation sites (tertiary alicyclic amines) is 1. The van der Waals surface area contributed by atoms with Crippen molar-refractivity contribution >= 4 is 12.0 Å². The average molecular weight is 382 g/mol. The molecule has 28 heavy (non-hydrogen) atoms. The standard InChI is InChI=1S/C22H26N2O4/c1-27-19-11-9-17(10-12-19)13-14-23-21(25)20-8-5-15-24(20)22(26)28-16-18-6-3-2-4-7-18/h2-4,6-7,9-12,20H,5,8,13-16H2,1H3,(H,23,25). The molecule has 1 unspecified atom stereocenters. The molecule has 2 aromatic rings. The van der Waals surface area contributed by atoms with Crippen LogP contribution < -0.4 is 10.1 Å². The lowest BCUT2D eigenvalue weighted by atomic mass is 10.1. The molecule has 1 aliphatic heterocycles. The predicted molar refractivity (Wildman–Crippen MR) is 106 cm³/mol. The van der Waals surface area contributed by atoms with E-state index < -0.39 is 12.1 Å². The van der Waals surface area contributed by atoms with E-state index in [0.717, 1.165) is 29.7 Å². The Morgan fingerprint density at radius 2 is 1.82 bits per heavy atom. The molecule has 148 valence electrons. The third-order valence-corrected chi connectivity index (χ3v) is 4.87. The molecule has 1 N–H and O–H groups in total. The van der Waals surface area contributed by atoms with Gasteiger partial charge in [-0.25, -0.2) is 4.79 Å². The zero-order valence-corrected chi connectivity index (χ0v) is 16.1. The molecule has 0 saturated carbocycles. The highest BCUT2D eigenvalue weighted by molar-refractivity contribution is 5.86. The van der Waals surface area contributed by atoms with E-state index >= 15 is 0 Å². The van der Waals surface area contributed by atoms with Crippen LogP contribution in [-0.4, -0.2) is 43.1 Å². The number of hydrogen-bond acceptors (Lipinski definition) is 4. The van der Waals surface area contributed by atoms with Crippen LogP contribution in [0.5, 0.6) is 5.75 Å². The topological polar surface area (TPSA) is 67.9 Å². The highest BCUT2D eigenvalue weighted by atomic mass is 16.6. The van der Waals surface area contributed by atoms with Gasteiger partial charge in [-0.1, -0.05) is 42.5 Å². The Balaban J connectivity index is 1.46. The van der Waals surface area contributed by atoms with Gasteiger partial charge in [-0.2, -0.15) is 0 Å². The second-order valence-electron chi connectivity index (χ2n) is 6.78. The fourth-order valence-corrected chi connectivity index (χ4v) is 3.30. The predicted octanol–water partition coefficient (Wildman–Crippen LogP) is 3.16. The van der Waals surface area contributed by atoms with E-state index in [-0.39, 0.29) is 12.5 Å². The summed E-state index contributed by atoms with van der Waals surface area (Å²) in [6.45, 7) is 1.28. The number of benzene rings is 2. The van der Waals surface area contributed by atoms with Crippen LogP contribution >= 0.6 is 0 Å². The maximum atomic E-state index is 12.5. The second kappa shape index (κ2) is 9.78. The Morgan fingerprint density at radius 1 is 1.07 bits per heavy atom. The lowest BCUT2D eigenvalue weighted by Crippen LogP contribution is -2.46. The first-order valence-corrected chi connectivity index (χ1v) is 9.55. The molecule has 3 rings (SSSR count). The van der Waals surface area contributed by atoms with Crippen LogP contribution in [0, 0.1) is 0 Å². The van der Waals surface area contributed by atoms with Crippen LogP contribution in [-0.2, 0) is 22.6 Å². The van der Waals surface area contributed by atoms with Crippen molar-refractivity contribution in [1.29, 1.82) is 0 Å². The smallest absolute Gasteiger partial charge is 0.410 e. The first-order chi connectivity index (χ1) is 13.7. The summed E-state index contributed by atoms with van der Waals surface area (Å²) in [6.07, 6.45) is 1.75. The number of carbonyl (C=O) groups excluding carboxylic acids is 2. The van der Waals surface area contributed by atoms with Crippen LogP contribution in [0.25, 0.3) is 0 Å². The minimum atomic E-state index is -0.459. The molecule has 0 aromatic heterocycles. The summed E-state index contributed by atoms with van der Waals surface area (Å²) >= 11 is 0. The number of carbonyl (C=O) groups is 2. The maximum absolute atomic E-state index is 12.5. The van der Waals surface area contributed by atoms with Crippen molar-refractivity contribution in [3.63, 3.8) is 0 Å². The summed E-state index contributed by atoms with van der Waals surface area (Å²) in [7, 11) is 1.63. The lowest BCUT2D eigenvalue weighted by molar-refractivity contribution is -0.125. The molecule has 2 amide bonds. The average Bonchev–Trinajstić information content (AvgIpc) is 3.23. The van der Waals surface area contributed by atoms with Gasteiger partial charge in [0.1, 0.15) is 18.4 Å². The molecule has 1 heterocycles. The fraction of sp³-hybridized carbons (Fsp3) is 0.364. The van der Waals surface area contributed by atoms with Gasteiger partial charge in [-0.3, -0.25) is 9.69 Å². The Kier molecular flexibility index (Phi) is 6.89. The Morgan fingerprint density at radius 3 is 2.54 bits per heavy atom. The minimum absolute atomic E-state index is 0.123. The van der Waals surface area contributed by atoms with Crippen molar-refractivity contribution in [3.8, 4) is 5.75 Å². The summed E-state index contributed by atoms with van der Waals surface area (Å²) in [5.41, 5.74) is 2.04. The maximum Gasteiger partial charge on any atom is 0.410 e. The van der Waals surface area contributed by atoms with Crippen LogP contribution in [0.1, 0.15) is 24.0 Å². The van der Waals surface area contributed by atoms with E-state index in [4.69, 9.17) is 9.47 Å². The van der Waals surface area contributed by atoms with Gasteiger partial charge in [-0.05, 0) is 42.5 Å². The van der Waals surface area contributed by atoms with Gasteiger partial charge in [0.25, 0.3) is 0 Å². The largest absolute Gasteiger partial charge is 0.497 e. The molecule has 1 aliphatic rings. The normalized spacial score (nSPS) is 15.9. The highest BCUT2D eigenvalue weighted by Crippen LogP contribution is 2.19. The van der Waals surface area contributed by atoms with E-state index in [1.807, 2.05) is 54.6 Å². The van der Waals surface area contributed by atoms with E-state index in [2.05, 4.69) is 5.32 Å². The molecule has 1 fully saturated rings. The van der Waals surface area contributed by atoms with Crippen molar-refractivity contribution in [1.82, 2.24) is 10.2 Å². The molecule has 6 heteroatoms. The van der Waals surface area contributed by atoms with Gasteiger partial charge >= 0.3 is 6.09 Å². The molecular weight excluding hydrogens is 356 g/mol. The van der Waals surface area contributed by atoms with Crippen molar-refractivity contribution in [3.05, 3.63) is 65.7 Å². The monoisotopic (exact) mass is 382 g/mol. The number of ether oxygens (including phenoxy) is 2. The third kappa shape index (κ3) is 5.25. The highest BCUT2D eigenvalue weighted by Gasteiger charge is 2.34. The molecular formula is C22H26N2O4. The zero-order valence-electron chi connectivity index (χ0n) is 16.1. The van der Waals surface area contributed by atoms with Gasteiger partial charge in [-0.15, -0.1) is 0 Å². The Bertz CT molecular complexity index is 777. The molecule has 1 saturated heterocycles. The van der Waals surface area contributed by atoms with Gasteiger partial charge < -0.3 is 14.8 Å². The molecule has 0 radical (unpaired) electrons. The first kappa shape index (κ1) is 19.7. The minimum Gasteiger partial charge on any atom is -0.497 e. The molecule has 0 spiro atoms. The number of amides is 2. The Labute approximate surface area is 165 Å². The number of hydrogen-bond donors (Lipinski definition) is 1. The van der Waals surface area contributed by atoms with Gasteiger partial charge in [0, 0.05) is 13.1 Å². The summed E-state index contributed by atoms with van der Waals surface area (Å²) < 4.78 is 10.5. The molecule has 1 atom stereocenters. The SMILES string of the molecule is COc1ccc(CCNC(=O)C2CCCN2C(=O)OCc2ccccc2)cc1. The van der Waals surface area contributed by atoms with E-state index in [9.17, 15) is 9.59 Å². The molecule has 0 aliphatic carbocycles. The summed E-state index contributed by atoms with van der Waals surface area (Å²) in [6, 6.07) is 16.8. The van der Waals surface area contributed by atoms with Crippen LogP contribution in [0.3, 0.4) is 0 Å². The number of nitrogens with one attached hydrogen (secondary N) is 1. The third-order valence-electron chi connectivity index (χ3n) is 4.87. The summed E-state index contributed by atoms with van der Waals surface area (Å²) in [5.74, 6) is 0.686. The fourth-order valence-electron chi connectivity index (χ4n) is 3.30. The van der Waals surface area contributed by atoms with Crippen molar-refractivity contribution in [2.45, 2.75) is 31.9 Å². The molecule has 0 bridgehead atoms. The lowest BCUT2D eigenvalue weighted by Gasteiger charge is -2.23.